The molecule has 1 aromatic heterocycles. The standard InChI is InChI=1S/C35H43N2/c1-24-15-13-14-18-28(24)32-36(19-20-37(32)35(9)23-25(35)2)31-29(33(3,4)5)21-27(22-30(31)34(6,7)8)26-16-11-10-12-17-26/h10-22,25H,23H2,1-9H3/q+1/t25-,35+/m1/s1. The van der Waals surface area contributed by atoms with Gasteiger partial charge in [-0.15, -0.1) is 0 Å². The summed E-state index contributed by atoms with van der Waals surface area (Å²) in [5.41, 5.74) is 9.35. The van der Waals surface area contributed by atoms with Crippen molar-refractivity contribution in [3.63, 3.8) is 0 Å². The van der Waals surface area contributed by atoms with Crippen LogP contribution in [0.25, 0.3) is 28.2 Å². The number of rotatable bonds is 4. The Kier molecular flexibility index (Phi) is 6.01. The second-order valence-corrected chi connectivity index (χ2v) is 13.4. The monoisotopic (exact) mass is 491 g/mol. The van der Waals surface area contributed by atoms with Crippen LogP contribution in [-0.2, 0) is 16.4 Å². The lowest BCUT2D eigenvalue weighted by Gasteiger charge is -2.29. The van der Waals surface area contributed by atoms with Gasteiger partial charge in [0, 0.05) is 17.0 Å². The maximum Gasteiger partial charge on any atom is 0.294 e. The maximum atomic E-state index is 2.56. The number of benzene rings is 3. The molecular formula is C35H43N2+. The van der Waals surface area contributed by atoms with E-state index in [1.54, 1.807) is 0 Å². The zero-order valence-corrected chi connectivity index (χ0v) is 24.2. The van der Waals surface area contributed by atoms with Crippen molar-refractivity contribution in [1.82, 2.24) is 4.57 Å². The van der Waals surface area contributed by atoms with Gasteiger partial charge in [0.25, 0.3) is 5.82 Å². The van der Waals surface area contributed by atoms with E-state index in [1.165, 1.54) is 51.3 Å². The molecule has 1 aliphatic rings. The fraction of sp³-hybridized carbons (Fsp3) is 0.400. The first-order valence-electron chi connectivity index (χ1n) is 13.8. The zero-order chi connectivity index (χ0) is 26.8. The minimum atomic E-state index is -0.0327. The van der Waals surface area contributed by atoms with Crippen LogP contribution in [0.1, 0.15) is 78.5 Å². The van der Waals surface area contributed by atoms with Crippen molar-refractivity contribution in [2.45, 2.75) is 85.1 Å². The minimum absolute atomic E-state index is 0.0327. The molecule has 0 radical (unpaired) electrons. The first-order chi connectivity index (χ1) is 17.3. The highest BCUT2D eigenvalue weighted by atomic mass is 15.2. The highest BCUT2D eigenvalue weighted by Gasteiger charge is 2.55. The van der Waals surface area contributed by atoms with Crippen LogP contribution in [-0.4, -0.2) is 4.57 Å². The summed E-state index contributed by atoms with van der Waals surface area (Å²) in [5, 5.41) is 0. The van der Waals surface area contributed by atoms with Crippen molar-refractivity contribution in [2.75, 3.05) is 0 Å². The molecule has 4 aromatic rings. The Morgan fingerprint density at radius 1 is 0.811 bits per heavy atom. The lowest BCUT2D eigenvalue weighted by atomic mass is 9.76. The Bertz CT molecular complexity index is 1410. The van der Waals surface area contributed by atoms with E-state index in [-0.39, 0.29) is 16.4 Å². The smallest absolute Gasteiger partial charge is 0.224 e. The lowest BCUT2D eigenvalue weighted by molar-refractivity contribution is -0.727. The molecule has 0 bridgehead atoms. The van der Waals surface area contributed by atoms with Crippen molar-refractivity contribution in [1.29, 1.82) is 0 Å². The average molecular weight is 492 g/mol. The summed E-state index contributed by atoms with van der Waals surface area (Å²) in [6.45, 7) is 21.1. The lowest BCUT2D eigenvalue weighted by Crippen LogP contribution is -2.46. The van der Waals surface area contributed by atoms with Crippen LogP contribution < -0.4 is 4.57 Å². The van der Waals surface area contributed by atoms with E-state index in [2.05, 4.69) is 151 Å². The first kappa shape index (κ1) is 25.5. The van der Waals surface area contributed by atoms with Crippen LogP contribution >= 0.6 is 0 Å². The fourth-order valence-corrected chi connectivity index (χ4v) is 5.80. The van der Waals surface area contributed by atoms with E-state index in [1.807, 2.05) is 0 Å². The van der Waals surface area contributed by atoms with Crippen molar-refractivity contribution >= 4 is 0 Å². The number of aryl methyl sites for hydroxylation is 1. The molecule has 2 heteroatoms. The maximum absolute atomic E-state index is 2.56. The average Bonchev–Trinajstić information content (AvgIpc) is 3.24. The van der Waals surface area contributed by atoms with E-state index in [9.17, 15) is 0 Å². The SMILES string of the molecule is Cc1ccccc1-c1n(-c2c(C(C)(C)C)cc(-c3ccccc3)cc2C(C)(C)C)cc[n+]1[C@@]1(C)C[C@H]1C. The predicted octanol–water partition coefficient (Wildman–Crippen LogP) is 8.76. The molecule has 0 spiro atoms. The molecule has 2 nitrogen and oxygen atoms in total. The van der Waals surface area contributed by atoms with Gasteiger partial charge >= 0.3 is 0 Å². The third-order valence-corrected chi connectivity index (χ3v) is 8.45. The quantitative estimate of drug-likeness (QED) is 0.252. The number of imidazole rings is 1. The van der Waals surface area contributed by atoms with E-state index in [0.717, 1.165) is 0 Å². The molecule has 192 valence electrons. The summed E-state index contributed by atoms with van der Waals surface area (Å²) < 4.78 is 5.07. The second kappa shape index (κ2) is 8.72. The molecule has 0 saturated heterocycles. The molecule has 3 aromatic carbocycles. The van der Waals surface area contributed by atoms with E-state index in [4.69, 9.17) is 0 Å². The third kappa shape index (κ3) is 4.45. The van der Waals surface area contributed by atoms with Crippen molar-refractivity contribution in [3.8, 4) is 28.2 Å². The summed E-state index contributed by atoms with van der Waals surface area (Å²) >= 11 is 0. The van der Waals surface area contributed by atoms with Crippen LogP contribution in [0.4, 0.5) is 0 Å². The molecule has 37 heavy (non-hydrogen) atoms. The molecule has 0 aliphatic heterocycles. The van der Waals surface area contributed by atoms with Crippen molar-refractivity contribution < 1.29 is 4.57 Å². The molecule has 1 heterocycles. The van der Waals surface area contributed by atoms with Gasteiger partial charge in [0.15, 0.2) is 0 Å². The van der Waals surface area contributed by atoms with Gasteiger partial charge in [-0.3, -0.25) is 0 Å². The van der Waals surface area contributed by atoms with Gasteiger partial charge in [-0.25, -0.2) is 4.57 Å². The normalized spacial score (nSPS) is 19.8. The molecule has 5 rings (SSSR count). The van der Waals surface area contributed by atoms with Crippen LogP contribution in [0.2, 0.25) is 0 Å². The van der Waals surface area contributed by atoms with Crippen molar-refractivity contribution in [3.05, 3.63) is 95.8 Å². The predicted molar refractivity (Wildman–Crippen MR) is 156 cm³/mol. The largest absolute Gasteiger partial charge is 0.294 e. The van der Waals surface area contributed by atoms with Gasteiger partial charge in [0.2, 0.25) is 0 Å². The van der Waals surface area contributed by atoms with Crippen LogP contribution in [0.3, 0.4) is 0 Å². The van der Waals surface area contributed by atoms with E-state index >= 15 is 0 Å². The Hall–Kier alpha value is -3.13. The Balaban J connectivity index is 1.89. The Morgan fingerprint density at radius 2 is 1.35 bits per heavy atom. The van der Waals surface area contributed by atoms with Crippen LogP contribution in [0.15, 0.2) is 79.1 Å². The molecule has 0 amide bonds. The summed E-state index contributed by atoms with van der Waals surface area (Å²) in [6.07, 6.45) is 5.86. The molecular weight excluding hydrogens is 448 g/mol. The molecule has 0 unspecified atom stereocenters. The van der Waals surface area contributed by atoms with E-state index < -0.39 is 0 Å². The topological polar surface area (TPSA) is 8.81 Å². The fourth-order valence-electron chi connectivity index (χ4n) is 5.80. The van der Waals surface area contributed by atoms with Gasteiger partial charge in [0.05, 0.1) is 5.56 Å². The summed E-state index contributed by atoms with van der Waals surface area (Å²) in [7, 11) is 0. The number of hydrogen-bond donors (Lipinski definition) is 0. The van der Waals surface area contributed by atoms with Crippen LogP contribution in [0.5, 0.6) is 0 Å². The highest BCUT2D eigenvalue weighted by molar-refractivity contribution is 5.72. The van der Waals surface area contributed by atoms with Crippen LogP contribution in [0, 0.1) is 12.8 Å². The second-order valence-electron chi connectivity index (χ2n) is 13.4. The van der Waals surface area contributed by atoms with Gasteiger partial charge < -0.3 is 0 Å². The summed E-state index contributed by atoms with van der Waals surface area (Å²) in [5.74, 6) is 1.95. The summed E-state index contributed by atoms with van der Waals surface area (Å²) in [6, 6.07) is 24.6. The number of hydrogen-bond acceptors (Lipinski definition) is 0. The van der Waals surface area contributed by atoms with Gasteiger partial charge in [0.1, 0.15) is 23.6 Å². The number of aromatic nitrogens is 2. The van der Waals surface area contributed by atoms with Gasteiger partial charge in [-0.05, 0) is 66.0 Å². The van der Waals surface area contributed by atoms with Crippen molar-refractivity contribution in [2.24, 2.45) is 5.92 Å². The Labute approximate surface area is 224 Å². The first-order valence-corrected chi connectivity index (χ1v) is 13.8. The van der Waals surface area contributed by atoms with Gasteiger partial charge in [-0.1, -0.05) is 97.0 Å². The van der Waals surface area contributed by atoms with Gasteiger partial charge in [-0.2, -0.15) is 4.57 Å². The molecule has 1 aliphatic carbocycles. The molecule has 1 saturated carbocycles. The van der Waals surface area contributed by atoms with E-state index in [0.29, 0.717) is 5.92 Å². The highest BCUT2D eigenvalue weighted by Crippen LogP contribution is 2.47. The summed E-state index contributed by atoms with van der Waals surface area (Å²) in [4.78, 5) is 0. The molecule has 0 N–H and O–H groups in total. The Morgan fingerprint density at radius 3 is 1.86 bits per heavy atom. The molecule has 2 atom stereocenters. The zero-order valence-electron chi connectivity index (χ0n) is 24.2. The third-order valence-electron chi connectivity index (χ3n) is 8.45. The minimum Gasteiger partial charge on any atom is -0.224 e. The molecule has 1 fully saturated rings. The number of nitrogens with zero attached hydrogens (tertiary/aromatic N) is 2.